The van der Waals surface area contributed by atoms with Crippen molar-refractivity contribution in [2.45, 2.75) is 37.2 Å². The number of hydrogen-bond acceptors (Lipinski definition) is 5. The summed E-state index contributed by atoms with van der Waals surface area (Å²) in [5, 5.41) is 12.0. The molecule has 0 fully saturated rings. The fourth-order valence-electron chi connectivity index (χ4n) is 2.87. The number of rotatable bonds is 9. The molecule has 1 N–H and O–H groups in total. The Balaban J connectivity index is 1.53. The normalized spacial score (nSPS) is 11.8. The zero-order valence-corrected chi connectivity index (χ0v) is 17.8. The van der Waals surface area contributed by atoms with E-state index < -0.39 is 0 Å². The van der Waals surface area contributed by atoms with Gasteiger partial charge in [0.15, 0.2) is 5.16 Å². The smallest absolute Gasteiger partial charge is 0.233 e. The van der Waals surface area contributed by atoms with E-state index in [0.29, 0.717) is 13.1 Å². The molecule has 1 amide bonds. The molecule has 1 unspecified atom stereocenters. The second-order valence-electron chi connectivity index (χ2n) is 6.75. The molecule has 3 aromatic rings. The van der Waals surface area contributed by atoms with Gasteiger partial charge in [0.05, 0.1) is 18.9 Å². The summed E-state index contributed by atoms with van der Waals surface area (Å²) in [7, 11) is 1.65. The van der Waals surface area contributed by atoms with Gasteiger partial charge in [-0.3, -0.25) is 4.79 Å². The third-order valence-electron chi connectivity index (χ3n) is 4.61. The van der Waals surface area contributed by atoms with Crippen LogP contribution in [0.2, 0.25) is 0 Å². The van der Waals surface area contributed by atoms with Crippen molar-refractivity contribution < 1.29 is 9.53 Å². The van der Waals surface area contributed by atoms with Gasteiger partial charge in [0, 0.05) is 6.54 Å². The Hall–Kier alpha value is -2.80. The maximum atomic E-state index is 12.5. The van der Waals surface area contributed by atoms with Gasteiger partial charge in [-0.1, -0.05) is 54.2 Å². The first-order valence-electron chi connectivity index (χ1n) is 9.58. The summed E-state index contributed by atoms with van der Waals surface area (Å²) in [6, 6.07) is 18.1. The van der Waals surface area contributed by atoms with Crippen molar-refractivity contribution in [3.8, 4) is 5.75 Å². The molecular formula is C22H26N4O2S. The van der Waals surface area contributed by atoms with E-state index in [-0.39, 0.29) is 11.2 Å². The first-order chi connectivity index (χ1) is 14.1. The molecule has 0 saturated carbocycles. The number of nitrogens with zero attached hydrogens (tertiary/aromatic N) is 3. The number of ether oxygens (including phenoxy) is 1. The van der Waals surface area contributed by atoms with Gasteiger partial charge in [-0.25, -0.2) is 0 Å². The molecule has 0 spiro atoms. The monoisotopic (exact) mass is 410 g/mol. The number of amides is 1. The van der Waals surface area contributed by atoms with Crippen LogP contribution in [0.15, 0.2) is 59.8 Å². The average molecular weight is 411 g/mol. The van der Waals surface area contributed by atoms with Crippen molar-refractivity contribution >= 4 is 17.7 Å². The highest BCUT2D eigenvalue weighted by Gasteiger charge is 2.19. The van der Waals surface area contributed by atoms with Crippen LogP contribution < -0.4 is 10.1 Å². The van der Waals surface area contributed by atoms with Crippen molar-refractivity contribution in [2.24, 2.45) is 0 Å². The number of methoxy groups -OCH3 is 1. The van der Waals surface area contributed by atoms with Crippen LogP contribution in [0, 0.1) is 6.92 Å². The van der Waals surface area contributed by atoms with Crippen LogP contribution in [0.4, 0.5) is 0 Å². The number of carbonyl (C=O) groups is 1. The molecule has 0 aliphatic carbocycles. The van der Waals surface area contributed by atoms with Gasteiger partial charge in [-0.2, -0.15) is 0 Å². The highest BCUT2D eigenvalue weighted by Crippen LogP contribution is 2.23. The molecule has 0 saturated heterocycles. The summed E-state index contributed by atoms with van der Waals surface area (Å²) in [5.74, 6) is 1.66. The van der Waals surface area contributed by atoms with Crippen LogP contribution in [0.1, 0.15) is 23.9 Å². The largest absolute Gasteiger partial charge is 0.497 e. The van der Waals surface area contributed by atoms with E-state index in [2.05, 4.69) is 27.6 Å². The van der Waals surface area contributed by atoms with Crippen molar-refractivity contribution in [2.75, 3.05) is 13.7 Å². The molecule has 152 valence electrons. The molecule has 0 radical (unpaired) electrons. The molecule has 29 heavy (non-hydrogen) atoms. The van der Waals surface area contributed by atoms with Gasteiger partial charge in [-0.05, 0) is 43.5 Å². The van der Waals surface area contributed by atoms with Crippen LogP contribution >= 0.6 is 11.8 Å². The van der Waals surface area contributed by atoms with Crippen LogP contribution in [0.25, 0.3) is 0 Å². The molecule has 6 nitrogen and oxygen atoms in total. The Bertz CT molecular complexity index is 926. The Morgan fingerprint density at radius 3 is 2.52 bits per heavy atom. The molecule has 7 heteroatoms. The van der Waals surface area contributed by atoms with Crippen molar-refractivity contribution in [1.29, 1.82) is 0 Å². The third kappa shape index (κ3) is 5.84. The van der Waals surface area contributed by atoms with Crippen molar-refractivity contribution in [3.05, 3.63) is 71.5 Å². The van der Waals surface area contributed by atoms with Crippen LogP contribution in [0.3, 0.4) is 0 Å². The summed E-state index contributed by atoms with van der Waals surface area (Å²) < 4.78 is 7.21. The minimum absolute atomic E-state index is 0.00424. The molecule has 1 heterocycles. The van der Waals surface area contributed by atoms with Crippen molar-refractivity contribution in [3.63, 3.8) is 0 Å². The lowest BCUT2D eigenvalue weighted by Gasteiger charge is -2.13. The lowest BCUT2D eigenvalue weighted by Crippen LogP contribution is -2.32. The predicted molar refractivity (Wildman–Crippen MR) is 115 cm³/mol. The predicted octanol–water partition coefficient (Wildman–Crippen LogP) is 3.48. The third-order valence-corrected chi connectivity index (χ3v) is 5.69. The number of nitrogens with one attached hydrogen (secondary N) is 1. The molecule has 0 aliphatic rings. The molecule has 0 aliphatic heterocycles. The average Bonchev–Trinajstić information content (AvgIpc) is 3.08. The summed E-state index contributed by atoms with van der Waals surface area (Å²) in [6.07, 6.45) is 0.774. The lowest BCUT2D eigenvalue weighted by atomic mass is 10.1. The van der Waals surface area contributed by atoms with E-state index in [9.17, 15) is 4.79 Å². The zero-order chi connectivity index (χ0) is 20.6. The molecule has 1 aromatic heterocycles. The second-order valence-corrected chi connectivity index (χ2v) is 8.06. The lowest BCUT2D eigenvalue weighted by molar-refractivity contribution is -0.120. The molecule has 3 rings (SSSR count). The molecule has 1 atom stereocenters. The maximum Gasteiger partial charge on any atom is 0.233 e. The number of aromatic nitrogens is 3. The van der Waals surface area contributed by atoms with Gasteiger partial charge >= 0.3 is 0 Å². The fourth-order valence-corrected chi connectivity index (χ4v) is 3.79. The van der Waals surface area contributed by atoms with E-state index in [1.807, 2.05) is 60.9 Å². The topological polar surface area (TPSA) is 69.0 Å². The first-order valence-corrected chi connectivity index (χ1v) is 10.5. The zero-order valence-electron chi connectivity index (χ0n) is 17.0. The number of carbonyl (C=O) groups excluding carboxylic acids is 1. The van der Waals surface area contributed by atoms with Crippen molar-refractivity contribution in [1.82, 2.24) is 20.1 Å². The minimum atomic E-state index is -0.260. The van der Waals surface area contributed by atoms with E-state index in [0.717, 1.165) is 28.7 Å². The molecular weight excluding hydrogens is 384 g/mol. The Labute approximate surface area is 175 Å². The van der Waals surface area contributed by atoms with E-state index >= 15 is 0 Å². The Morgan fingerprint density at radius 2 is 1.83 bits per heavy atom. The van der Waals surface area contributed by atoms with Crippen LogP contribution in [-0.2, 0) is 17.8 Å². The number of hydrogen-bond donors (Lipinski definition) is 1. The minimum Gasteiger partial charge on any atom is -0.497 e. The highest BCUT2D eigenvalue weighted by atomic mass is 32.2. The fraction of sp³-hybridized carbons (Fsp3) is 0.318. The number of thioether (sulfide) groups is 1. The SMILES string of the molecule is COc1ccc(CCNC(=O)C(C)Sc2nnc(C)n2Cc2ccccc2)cc1. The van der Waals surface area contributed by atoms with Crippen LogP contribution in [-0.4, -0.2) is 39.6 Å². The van der Waals surface area contributed by atoms with Gasteiger partial charge < -0.3 is 14.6 Å². The Kier molecular flexibility index (Phi) is 7.30. The molecule has 0 bridgehead atoms. The summed E-state index contributed by atoms with van der Waals surface area (Å²) in [4.78, 5) is 12.5. The van der Waals surface area contributed by atoms with E-state index in [1.54, 1.807) is 7.11 Å². The summed E-state index contributed by atoms with van der Waals surface area (Å²) in [5.41, 5.74) is 2.33. The van der Waals surface area contributed by atoms with E-state index in [4.69, 9.17) is 4.74 Å². The van der Waals surface area contributed by atoms with Gasteiger partial charge in [0.25, 0.3) is 0 Å². The van der Waals surface area contributed by atoms with Gasteiger partial charge in [-0.15, -0.1) is 10.2 Å². The van der Waals surface area contributed by atoms with Gasteiger partial charge in [0.1, 0.15) is 11.6 Å². The molecule has 2 aromatic carbocycles. The summed E-state index contributed by atoms with van der Waals surface area (Å²) in [6.45, 7) is 5.10. The second kappa shape index (κ2) is 10.1. The van der Waals surface area contributed by atoms with E-state index in [1.165, 1.54) is 17.3 Å². The number of aryl methyl sites for hydroxylation is 1. The van der Waals surface area contributed by atoms with Crippen LogP contribution in [0.5, 0.6) is 5.75 Å². The quantitative estimate of drug-likeness (QED) is 0.547. The standard InChI is InChI=1S/C22H26N4O2S/c1-16(21(27)23-14-13-18-9-11-20(28-3)12-10-18)29-22-25-24-17(2)26(22)15-19-7-5-4-6-8-19/h4-12,16H,13-15H2,1-3H3,(H,23,27). The Morgan fingerprint density at radius 1 is 1.10 bits per heavy atom. The maximum absolute atomic E-state index is 12.5. The first kappa shape index (κ1) is 20.9. The summed E-state index contributed by atoms with van der Waals surface area (Å²) >= 11 is 1.43. The highest BCUT2D eigenvalue weighted by molar-refractivity contribution is 8.00. The number of benzene rings is 2. The van der Waals surface area contributed by atoms with Gasteiger partial charge in [0.2, 0.25) is 5.91 Å².